The fourth-order valence-corrected chi connectivity index (χ4v) is 2.76. The number of hydrogen-bond acceptors (Lipinski definition) is 6. The highest BCUT2D eigenvalue weighted by Gasteiger charge is 2.13. The van der Waals surface area contributed by atoms with Gasteiger partial charge in [0.25, 0.3) is 5.91 Å². The average molecular weight is 414 g/mol. The summed E-state index contributed by atoms with van der Waals surface area (Å²) in [5.74, 6) is 0.881. The predicted octanol–water partition coefficient (Wildman–Crippen LogP) is 2.06. The van der Waals surface area contributed by atoms with Crippen molar-refractivity contribution in [1.82, 2.24) is 25.9 Å². The first-order chi connectivity index (χ1) is 14.4. The first kappa shape index (κ1) is 22.9. The van der Waals surface area contributed by atoms with Gasteiger partial charge in [0, 0.05) is 38.1 Å². The van der Waals surface area contributed by atoms with Gasteiger partial charge in [-0.3, -0.25) is 4.79 Å². The van der Waals surface area contributed by atoms with Crippen LogP contribution in [-0.4, -0.2) is 41.5 Å². The van der Waals surface area contributed by atoms with Gasteiger partial charge in [0.2, 0.25) is 0 Å². The SMILES string of the molecule is CNC(=O)c1ccc(CCCCNC(=O)NCc2ccc(N)nc2)nc1NC(C)C. The van der Waals surface area contributed by atoms with E-state index < -0.39 is 0 Å². The third-order valence-corrected chi connectivity index (χ3v) is 4.30. The zero-order valence-electron chi connectivity index (χ0n) is 17.8. The zero-order valence-corrected chi connectivity index (χ0v) is 17.8. The summed E-state index contributed by atoms with van der Waals surface area (Å²) in [5, 5.41) is 11.5. The van der Waals surface area contributed by atoms with Gasteiger partial charge in [-0.15, -0.1) is 0 Å². The van der Waals surface area contributed by atoms with Crippen molar-refractivity contribution in [2.75, 3.05) is 24.6 Å². The molecule has 0 aliphatic rings. The molecule has 0 fully saturated rings. The standard InChI is InChI=1S/C21H31N7O2/c1-14(2)27-19-17(20(29)23-3)9-8-16(28-19)6-4-5-11-24-21(30)26-13-15-7-10-18(22)25-12-15/h7-10,12,14H,4-6,11,13H2,1-3H3,(H2,22,25)(H,23,29)(H,27,28)(H2,24,26,30). The number of aryl methyl sites for hydroxylation is 1. The Bertz CT molecular complexity index is 838. The van der Waals surface area contributed by atoms with Crippen molar-refractivity contribution in [3.05, 3.63) is 47.3 Å². The minimum Gasteiger partial charge on any atom is -0.384 e. The van der Waals surface area contributed by atoms with Crippen LogP contribution >= 0.6 is 0 Å². The van der Waals surface area contributed by atoms with E-state index >= 15 is 0 Å². The summed E-state index contributed by atoms with van der Waals surface area (Å²) >= 11 is 0. The van der Waals surface area contributed by atoms with E-state index in [4.69, 9.17) is 5.73 Å². The molecule has 0 aliphatic heterocycles. The molecule has 3 amide bonds. The van der Waals surface area contributed by atoms with E-state index in [9.17, 15) is 9.59 Å². The summed E-state index contributed by atoms with van der Waals surface area (Å²) < 4.78 is 0. The van der Waals surface area contributed by atoms with Gasteiger partial charge in [-0.25, -0.2) is 14.8 Å². The van der Waals surface area contributed by atoms with E-state index in [1.807, 2.05) is 26.0 Å². The lowest BCUT2D eigenvalue weighted by atomic mass is 10.1. The number of nitrogen functional groups attached to an aromatic ring is 1. The number of aromatic nitrogens is 2. The number of nitrogens with two attached hydrogens (primary N) is 1. The number of nitrogens with zero attached hydrogens (tertiary/aromatic N) is 2. The van der Waals surface area contributed by atoms with Gasteiger partial charge in [-0.1, -0.05) is 6.07 Å². The number of rotatable bonds is 10. The molecular weight excluding hydrogens is 382 g/mol. The molecule has 162 valence electrons. The van der Waals surface area contributed by atoms with E-state index in [2.05, 4.69) is 31.2 Å². The van der Waals surface area contributed by atoms with E-state index in [1.54, 1.807) is 25.4 Å². The van der Waals surface area contributed by atoms with Crippen LogP contribution in [0.4, 0.5) is 16.4 Å². The number of amides is 3. The third kappa shape index (κ3) is 7.57. The van der Waals surface area contributed by atoms with Gasteiger partial charge < -0.3 is 27.0 Å². The van der Waals surface area contributed by atoms with E-state index in [0.29, 0.717) is 30.3 Å². The lowest BCUT2D eigenvalue weighted by Crippen LogP contribution is -2.35. The van der Waals surface area contributed by atoms with Crippen LogP contribution in [-0.2, 0) is 13.0 Å². The molecule has 0 aliphatic carbocycles. The molecule has 0 aromatic carbocycles. The maximum Gasteiger partial charge on any atom is 0.315 e. The van der Waals surface area contributed by atoms with Crippen molar-refractivity contribution in [3.8, 4) is 0 Å². The molecule has 2 aromatic rings. The van der Waals surface area contributed by atoms with Crippen LogP contribution in [0.25, 0.3) is 0 Å². The van der Waals surface area contributed by atoms with Crippen LogP contribution in [0.2, 0.25) is 0 Å². The molecule has 9 heteroatoms. The molecule has 0 bridgehead atoms. The number of urea groups is 1. The molecule has 0 spiro atoms. The van der Waals surface area contributed by atoms with E-state index in [-0.39, 0.29) is 18.0 Å². The smallest absolute Gasteiger partial charge is 0.315 e. The molecule has 0 saturated heterocycles. The topological polar surface area (TPSA) is 134 Å². The predicted molar refractivity (Wildman–Crippen MR) is 118 cm³/mol. The Labute approximate surface area is 177 Å². The Kier molecular flexibility index (Phi) is 8.86. The number of carbonyl (C=O) groups excluding carboxylic acids is 2. The van der Waals surface area contributed by atoms with Crippen molar-refractivity contribution < 1.29 is 9.59 Å². The molecule has 0 atom stereocenters. The molecule has 2 rings (SSSR count). The molecule has 0 unspecified atom stereocenters. The summed E-state index contributed by atoms with van der Waals surface area (Å²) in [6.07, 6.45) is 4.10. The molecule has 2 aromatic heterocycles. The van der Waals surface area contributed by atoms with Crippen LogP contribution in [0, 0.1) is 0 Å². The molecule has 0 radical (unpaired) electrons. The Morgan fingerprint density at radius 2 is 1.90 bits per heavy atom. The van der Waals surface area contributed by atoms with Crippen LogP contribution in [0.5, 0.6) is 0 Å². The Balaban J connectivity index is 1.73. The van der Waals surface area contributed by atoms with Crippen LogP contribution in [0.3, 0.4) is 0 Å². The summed E-state index contributed by atoms with van der Waals surface area (Å²) in [5.41, 5.74) is 7.86. The molecular formula is C21H31N7O2. The first-order valence-corrected chi connectivity index (χ1v) is 10.1. The molecule has 9 nitrogen and oxygen atoms in total. The molecule has 6 N–H and O–H groups in total. The number of pyridine rings is 2. The lowest BCUT2D eigenvalue weighted by molar-refractivity contribution is 0.0963. The minimum absolute atomic E-state index is 0.165. The van der Waals surface area contributed by atoms with Crippen molar-refractivity contribution >= 4 is 23.6 Å². The number of hydrogen-bond donors (Lipinski definition) is 5. The minimum atomic E-state index is -0.219. The zero-order chi connectivity index (χ0) is 21.9. The Morgan fingerprint density at radius 3 is 2.57 bits per heavy atom. The number of nitrogens with one attached hydrogen (secondary N) is 4. The molecule has 2 heterocycles. The first-order valence-electron chi connectivity index (χ1n) is 10.1. The highest BCUT2D eigenvalue weighted by atomic mass is 16.2. The Morgan fingerprint density at radius 1 is 1.10 bits per heavy atom. The van der Waals surface area contributed by atoms with Gasteiger partial charge >= 0.3 is 6.03 Å². The second-order valence-corrected chi connectivity index (χ2v) is 7.23. The Hall–Kier alpha value is -3.36. The summed E-state index contributed by atoms with van der Waals surface area (Å²) in [6, 6.07) is 7.14. The summed E-state index contributed by atoms with van der Waals surface area (Å²) in [7, 11) is 1.60. The monoisotopic (exact) mass is 413 g/mol. The maximum atomic E-state index is 12.0. The second kappa shape index (κ2) is 11.6. The normalized spacial score (nSPS) is 10.5. The van der Waals surface area contributed by atoms with Gasteiger partial charge in [0.15, 0.2) is 0 Å². The van der Waals surface area contributed by atoms with Gasteiger partial charge in [0.1, 0.15) is 11.6 Å². The fraction of sp³-hybridized carbons (Fsp3) is 0.429. The van der Waals surface area contributed by atoms with Crippen LogP contribution in [0.15, 0.2) is 30.5 Å². The number of anilines is 2. The van der Waals surface area contributed by atoms with Crippen LogP contribution < -0.4 is 27.0 Å². The molecule has 0 saturated carbocycles. The lowest BCUT2D eigenvalue weighted by Gasteiger charge is -2.14. The van der Waals surface area contributed by atoms with Crippen molar-refractivity contribution in [2.24, 2.45) is 0 Å². The van der Waals surface area contributed by atoms with Gasteiger partial charge in [-0.2, -0.15) is 0 Å². The maximum absolute atomic E-state index is 12.0. The summed E-state index contributed by atoms with van der Waals surface area (Å²) in [4.78, 5) is 32.5. The second-order valence-electron chi connectivity index (χ2n) is 7.23. The highest BCUT2D eigenvalue weighted by molar-refractivity contribution is 5.98. The van der Waals surface area contributed by atoms with E-state index in [0.717, 1.165) is 30.5 Å². The van der Waals surface area contributed by atoms with E-state index in [1.165, 1.54) is 0 Å². The fourth-order valence-electron chi connectivity index (χ4n) is 2.76. The van der Waals surface area contributed by atoms with Gasteiger partial charge in [-0.05, 0) is 56.9 Å². The number of unbranched alkanes of at least 4 members (excludes halogenated alkanes) is 1. The molecule has 30 heavy (non-hydrogen) atoms. The van der Waals surface area contributed by atoms with Crippen molar-refractivity contribution in [1.29, 1.82) is 0 Å². The van der Waals surface area contributed by atoms with Crippen molar-refractivity contribution in [3.63, 3.8) is 0 Å². The third-order valence-electron chi connectivity index (χ3n) is 4.30. The quantitative estimate of drug-likeness (QED) is 0.379. The highest BCUT2D eigenvalue weighted by Crippen LogP contribution is 2.16. The van der Waals surface area contributed by atoms with Crippen molar-refractivity contribution in [2.45, 2.75) is 45.7 Å². The van der Waals surface area contributed by atoms with Crippen LogP contribution in [0.1, 0.15) is 48.3 Å². The average Bonchev–Trinajstić information content (AvgIpc) is 2.72. The largest absolute Gasteiger partial charge is 0.384 e. The number of carbonyl (C=O) groups is 2. The van der Waals surface area contributed by atoms with Gasteiger partial charge in [0.05, 0.1) is 5.56 Å². The summed E-state index contributed by atoms with van der Waals surface area (Å²) in [6.45, 7) is 4.97.